The Labute approximate surface area is 179 Å². The van der Waals surface area contributed by atoms with Crippen molar-refractivity contribution < 1.29 is 31.1 Å². The minimum atomic E-state index is -4.77. The van der Waals surface area contributed by atoms with Gasteiger partial charge in [0.2, 0.25) is 0 Å². The highest BCUT2D eigenvalue weighted by atomic mass is 79.9. The standard InChI is InChI=1S/C20H15BrF3NO4S/c1-28-18-7-4-16(21)9-19(18)30(26,27)12-13-8-15(11-25-10-13)14-2-5-17(6-3-14)29-20(22,23)24/h2-11H,12H2,1H3. The molecule has 0 aliphatic carbocycles. The lowest BCUT2D eigenvalue weighted by atomic mass is 10.1. The molecule has 0 aliphatic rings. The number of sulfone groups is 1. The second-order valence-corrected chi connectivity index (χ2v) is 9.08. The van der Waals surface area contributed by atoms with Crippen LogP contribution in [0.4, 0.5) is 13.2 Å². The second-order valence-electron chi connectivity index (χ2n) is 6.21. The van der Waals surface area contributed by atoms with Gasteiger partial charge in [0.1, 0.15) is 16.4 Å². The van der Waals surface area contributed by atoms with Crippen molar-refractivity contribution >= 4 is 25.8 Å². The summed E-state index contributed by atoms with van der Waals surface area (Å²) in [5.41, 5.74) is 1.55. The van der Waals surface area contributed by atoms with Crippen molar-refractivity contribution in [1.82, 2.24) is 4.98 Å². The third kappa shape index (κ3) is 5.51. The molecule has 0 fully saturated rings. The number of methoxy groups -OCH3 is 1. The zero-order valence-electron chi connectivity index (χ0n) is 15.5. The van der Waals surface area contributed by atoms with E-state index in [0.717, 1.165) is 0 Å². The van der Waals surface area contributed by atoms with Crippen molar-refractivity contribution in [2.75, 3.05) is 7.11 Å². The van der Waals surface area contributed by atoms with E-state index in [2.05, 4.69) is 25.7 Å². The van der Waals surface area contributed by atoms with Crippen LogP contribution in [0.3, 0.4) is 0 Å². The summed E-state index contributed by atoms with van der Waals surface area (Å²) in [4.78, 5) is 4.10. The van der Waals surface area contributed by atoms with Gasteiger partial charge in [-0.3, -0.25) is 4.98 Å². The van der Waals surface area contributed by atoms with Crippen LogP contribution in [-0.2, 0) is 15.6 Å². The van der Waals surface area contributed by atoms with Crippen molar-refractivity contribution in [3.05, 3.63) is 71.0 Å². The van der Waals surface area contributed by atoms with Gasteiger partial charge in [-0.2, -0.15) is 0 Å². The molecule has 1 aromatic heterocycles. The highest BCUT2D eigenvalue weighted by molar-refractivity contribution is 9.10. The molecule has 3 rings (SSSR count). The molecule has 0 unspecified atom stereocenters. The molecule has 1 heterocycles. The SMILES string of the molecule is COc1ccc(Br)cc1S(=O)(=O)Cc1cncc(-c2ccc(OC(F)(F)F)cc2)c1. The molecule has 10 heteroatoms. The smallest absolute Gasteiger partial charge is 0.495 e. The average Bonchev–Trinajstić information content (AvgIpc) is 2.67. The van der Waals surface area contributed by atoms with Gasteiger partial charge in [-0.05, 0) is 47.5 Å². The molecular weight excluding hydrogens is 487 g/mol. The molecule has 2 aromatic carbocycles. The van der Waals surface area contributed by atoms with Crippen LogP contribution in [0.1, 0.15) is 5.56 Å². The first kappa shape index (κ1) is 22.1. The molecule has 0 aliphatic heterocycles. The quantitative estimate of drug-likeness (QED) is 0.452. The molecule has 0 N–H and O–H groups in total. The number of rotatable bonds is 6. The molecule has 3 aromatic rings. The first-order chi connectivity index (χ1) is 14.1. The van der Waals surface area contributed by atoms with Crippen molar-refractivity contribution in [1.29, 1.82) is 0 Å². The molecule has 0 atom stereocenters. The van der Waals surface area contributed by atoms with E-state index in [4.69, 9.17) is 4.74 Å². The predicted molar refractivity (Wildman–Crippen MR) is 108 cm³/mol. The van der Waals surface area contributed by atoms with E-state index in [1.54, 1.807) is 18.2 Å². The highest BCUT2D eigenvalue weighted by Crippen LogP contribution is 2.31. The van der Waals surface area contributed by atoms with Crippen molar-refractivity contribution in [2.45, 2.75) is 17.0 Å². The van der Waals surface area contributed by atoms with Gasteiger partial charge in [0.25, 0.3) is 0 Å². The molecule has 5 nitrogen and oxygen atoms in total. The molecule has 0 bridgehead atoms. The van der Waals surface area contributed by atoms with Gasteiger partial charge in [0.15, 0.2) is 9.84 Å². The predicted octanol–water partition coefficient (Wildman–Crippen LogP) is 5.39. The van der Waals surface area contributed by atoms with Crippen LogP contribution in [0, 0.1) is 0 Å². The maximum Gasteiger partial charge on any atom is 0.573 e. The Bertz CT molecular complexity index is 1150. The summed E-state index contributed by atoms with van der Waals surface area (Å²) in [6.45, 7) is 0. The lowest BCUT2D eigenvalue weighted by molar-refractivity contribution is -0.274. The molecule has 0 radical (unpaired) electrons. The molecule has 0 saturated heterocycles. The fourth-order valence-electron chi connectivity index (χ4n) is 2.76. The number of halogens is 4. The van der Waals surface area contributed by atoms with Gasteiger partial charge in [0, 0.05) is 22.4 Å². The van der Waals surface area contributed by atoms with E-state index < -0.39 is 16.2 Å². The highest BCUT2D eigenvalue weighted by Gasteiger charge is 2.31. The normalized spacial score (nSPS) is 11.9. The minimum absolute atomic E-state index is 0.0402. The van der Waals surface area contributed by atoms with Crippen LogP contribution in [0.15, 0.2) is 70.3 Å². The molecule has 158 valence electrons. The van der Waals surface area contributed by atoms with Crippen LogP contribution in [0.5, 0.6) is 11.5 Å². The van der Waals surface area contributed by atoms with Crippen LogP contribution in [0.2, 0.25) is 0 Å². The summed E-state index contributed by atoms with van der Waals surface area (Å²) >= 11 is 3.26. The minimum Gasteiger partial charge on any atom is -0.495 e. The second kappa shape index (κ2) is 8.65. The summed E-state index contributed by atoms with van der Waals surface area (Å²) in [5.74, 6) is -0.446. The third-order valence-corrected chi connectivity index (χ3v) is 6.23. The van der Waals surface area contributed by atoms with Gasteiger partial charge in [-0.25, -0.2) is 8.42 Å². The Morgan fingerprint density at radius 2 is 1.70 bits per heavy atom. The number of hydrogen-bond donors (Lipinski definition) is 0. The fraction of sp³-hybridized carbons (Fsp3) is 0.150. The van der Waals surface area contributed by atoms with E-state index in [0.29, 0.717) is 21.2 Å². The molecule has 0 spiro atoms. The lowest BCUT2D eigenvalue weighted by Crippen LogP contribution is -2.16. The number of alkyl halides is 3. The average molecular weight is 502 g/mol. The first-order valence-corrected chi connectivity index (χ1v) is 10.9. The Balaban J connectivity index is 1.86. The molecular formula is C20H15BrF3NO4S. The van der Waals surface area contributed by atoms with Crippen LogP contribution >= 0.6 is 15.9 Å². The molecule has 30 heavy (non-hydrogen) atoms. The monoisotopic (exact) mass is 501 g/mol. The van der Waals surface area contributed by atoms with Gasteiger partial charge in [-0.1, -0.05) is 28.1 Å². The lowest BCUT2D eigenvalue weighted by Gasteiger charge is -2.11. The maximum atomic E-state index is 12.9. The topological polar surface area (TPSA) is 65.5 Å². The van der Waals surface area contributed by atoms with Crippen molar-refractivity contribution in [2.24, 2.45) is 0 Å². The van der Waals surface area contributed by atoms with E-state index in [1.807, 2.05) is 0 Å². The largest absolute Gasteiger partial charge is 0.573 e. The van der Waals surface area contributed by atoms with Crippen molar-refractivity contribution in [3.63, 3.8) is 0 Å². The third-order valence-electron chi connectivity index (χ3n) is 4.03. The fourth-order valence-corrected chi connectivity index (χ4v) is 4.79. The van der Waals surface area contributed by atoms with Crippen molar-refractivity contribution in [3.8, 4) is 22.6 Å². The van der Waals surface area contributed by atoms with Gasteiger partial charge < -0.3 is 9.47 Å². The summed E-state index contributed by atoms with van der Waals surface area (Å²) in [7, 11) is -2.36. The van der Waals surface area contributed by atoms with Gasteiger partial charge in [0.05, 0.1) is 12.9 Å². The summed E-state index contributed by atoms with van der Waals surface area (Å²) in [6, 6.07) is 11.5. The zero-order chi connectivity index (χ0) is 21.9. The van der Waals surface area contributed by atoms with Gasteiger partial charge >= 0.3 is 6.36 Å². The number of aromatic nitrogens is 1. The zero-order valence-corrected chi connectivity index (χ0v) is 17.9. The van der Waals surface area contributed by atoms with E-state index >= 15 is 0 Å². The number of ether oxygens (including phenoxy) is 2. The Hall–Kier alpha value is -2.59. The van der Waals surface area contributed by atoms with E-state index in [-0.39, 0.29) is 22.1 Å². The van der Waals surface area contributed by atoms with Crippen LogP contribution in [0.25, 0.3) is 11.1 Å². The van der Waals surface area contributed by atoms with E-state index in [1.165, 1.54) is 49.8 Å². The molecule has 0 saturated carbocycles. The van der Waals surface area contributed by atoms with E-state index in [9.17, 15) is 21.6 Å². The number of nitrogens with zero attached hydrogens (tertiary/aromatic N) is 1. The maximum absolute atomic E-state index is 12.9. The number of benzene rings is 2. The number of pyridine rings is 1. The summed E-state index contributed by atoms with van der Waals surface area (Å²) in [5, 5.41) is 0. The first-order valence-electron chi connectivity index (χ1n) is 8.44. The van der Waals surface area contributed by atoms with Crippen LogP contribution in [-0.4, -0.2) is 26.9 Å². The molecule has 0 amide bonds. The number of hydrogen-bond acceptors (Lipinski definition) is 5. The van der Waals surface area contributed by atoms with Gasteiger partial charge in [-0.15, -0.1) is 13.2 Å². The Morgan fingerprint density at radius 3 is 2.33 bits per heavy atom. The summed E-state index contributed by atoms with van der Waals surface area (Å²) < 4.78 is 72.3. The summed E-state index contributed by atoms with van der Waals surface area (Å²) in [6.07, 6.45) is -1.85. The Kier molecular flexibility index (Phi) is 6.37. The van der Waals surface area contributed by atoms with Crippen LogP contribution < -0.4 is 9.47 Å². The Morgan fingerprint density at radius 1 is 1.00 bits per heavy atom.